The van der Waals surface area contributed by atoms with Gasteiger partial charge in [0.1, 0.15) is 0 Å². The number of hydrogen-bond acceptors (Lipinski definition) is 4. The Bertz CT molecular complexity index is 238. The van der Waals surface area contributed by atoms with Gasteiger partial charge in [-0.25, -0.2) is 0 Å². The summed E-state index contributed by atoms with van der Waals surface area (Å²) in [6, 6.07) is 0. The third-order valence-electron chi connectivity index (χ3n) is 3.77. The average Bonchev–Trinajstić information content (AvgIpc) is 2.87. The lowest BCUT2D eigenvalue weighted by Crippen LogP contribution is -2.37. The SMILES string of the molecule is CCCCOC[C@H]1SC[C@H](OCCCC)C1OCCCC. The summed E-state index contributed by atoms with van der Waals surface area (Å²) < 4.78 is 18.0. The fourth-order valence-corrected chi connectivity index (χ4v) is 3.70. The molecule has 0 N–H and O–H groups in total. The van der Waals surface area contributed by atoms with Crippen LogP contribution in [0.4, 0.5) is 0 Å². The van der Waals surface area contributed by atoms with Crippen LogP contribution in [0.3, 0.4) is 0 Å². The highest BCUT2D eigenvalue weighted by molar-refractivity contribution is 8.00. The molecular weight excluding hydrogens is 284 g/mol. The maximum atomic E-state index is 6.13. The van der Waals surface area contributed by atoms with E-state index in [1.165, 1.54) is 19.3 Å². The van der Waals surface area contributed by atoms with Crippen LogP contribution in [0.15, 0.2) is 0 Å². The Morgan fingerprint density at radius 1 is 0.857 bits per heavy atom. The number of ether oxygens (including phenoxy) is 3. The lowest BCUT2D eigenvalue weighted by molar-refractivity contribution is -0.0656. The topological polar surface area (TPSA) is 27.7 Å². The predicted molar refractivity (Wildman–Crippen MR) is 91.3 cm³/mol. The van der Waals surface area contributed by atoms with Crippen LogP contribution in [-0.4, -0.2) is 49.6 Å². The second-order valence-electron chi connectivity index (χ2n) is 5.75. The molecular formula is C17H34O3S. The monoisotopic (exact) mass is 318 g/mol. The third kappa shape index (κ3) is 7.87. The molecule has 0 bridgehead atoms. The molecule has 0 spiro atoms. The van der Waals surface area contributed by atoms with E-state index in [1.807, 2.05) is 11.8 Å². The van der Waals surface area contributed by atoms with Crippen LogP contribution >= 0.6 is 11.8 Å². The second-order valence-corrected chi connectivity index (χ2v) is 7.02. The minimum Gasteiger partial charge on any atom is -0.380 e. The summed E-state index contributed by atoms with van der Waals surface area (Å²) in [4.78, 5) is 0. The summed E-state index contributed by atoms with van der Waals surface area (Å²) in [6.45, 7) is 9.98. The van der Waals surface area contributed by atoms with Crippen molar-refractivity contribution in [2.75, 3.05) is 32.2 Å². The summed E-state index contributed by atoms with van der Waals surface area (Å²) in [5.74, 6) is 1.04. The Morgan fingerprint density at radius 2 is 1.48 bits per heavy atom. The van der Waals surface area contributed by atoms with Crippen LogP contribution in [-0.2, 0) is 14.2 Å². The first-order valence-electron chi connectivity index (χ1n) is 8.75. The van der Waals surface area contributed by atoms with Crippen molar-refractivity contribution in [3.8, 4) is 0 Å². The van der Waals surface area contributed by atoms with Gasteiger partial charge in [0, 0.05) is 25.6 Å². The molecule has 1 heterocycles. The van der Waals surface area contributed by atoms with E-state index in [9.17, 15) is 0 Å². The molecule has 0 aromatic heterocycles. The summed E-state index contributed by atoms with van der Waals surface area (Å²) in [6.07, 6.45) is 7.43. The summed E-state index contributed by atoms with van der Waals surface area (Å²) in [7, 11) is 0. The minimum atomic E-state index is 0.208. The molecule has 0 radical (unpaired) electrons. The second kappa shape index (κ2) is 12.7. The van der Waals surface area contributed by atoms with Gasteiger partial charge in [-0.3, -0.25) is 0 Å². The van der Waals surface area contributed by atoms with Gasteiger partial charge < -0.3 is 14.2 Å². The number of unbranched alkanes of at least 4 members (excludes halogenated alkanes) is 3. The van der Waals surface area contributed by atoms with Crippen molar-refractivity contribution in [2.45, 2.75) is 76.8 Å². The molecule has 1 aliphatic heterocycles. The van der Waals surface area contributed by atoms with Crippen molar-refractivity contribution in [2.24, 2.45) is 0 Å². The van der Waals surface area contributed by atoms with Gasteiger partial charge in [-0.2, -0.15) is 11.8 Å². The van der Waals surface area contributed by atoms with Crippen molar-refractivity contribution in [1.29, 1.82) is 0 Å². The molecule has 1 saturated heterocycles. The molecule has 0 aliphatic carbocycles. The molecule has 21 heavy (non-hydrogen) atoms. The van der Waals surface area contributed by atoms with Crippen molar-refractivity contribution in [3.05, 3.63) is 0 Å². The van der Waals surface area contributed by atoms with Gasteiger partial charge in [0.2, 0.25) is 0 Å². The number of rotatable bonds is 13. The van der Waals surface area contributed by atoms with Crippen molar-refractivity contribution in [3.63, 3.8) is 0 Å². The van der Waals surface area contributed by atoms with E-state index in [-0.39, 0.29) is 12.2 Å². The Morgan fingerprint density at radius 3 is 2.14 bits per heavy atom. The van der Waals surface area contributed by atoms with Gasteiger partial charge in [0.05, 0.1) is 24.1 Å². The Labute approximate surface area is 135 Å². The van der Waals surface area contributed by atoms with Gasteiger partial charge in [0.15, 0.2) is 0 Å². The van der Waals surface area contributed by atoms with Gasteiger partial charge in [-0.1, -0.05) is 40.0 Å². The molecule has 3 nitrogen and oxygen atoms in total. The van der Waals surface area contributed by atoms with Gasteiger partial charge in [-0.15, -0.1) is 0 Å². The lowest BCUT2D eigenvalue weighted by Gasteiger charge is -2.24. The maximum Gasteiger partial charge on any atom is 0.0985 e. The smallest absolute Gasteiger partial charge is 0.0985 e. The molecule has 4 heteroatoms. The molecule has 3 atom stereocenters. The first kappa shape index (κ1) is 19.3. The first-order chi connectivity index (χ1) is 10.3. The highest BCUT2D eigenvalue weighted by Crippen LogP contribution is 2.32. The van der Waals surface area contributed by atoms with Crippen molar-refractivity contribution < 1.29 is 14.2 Å². The average molecular weight is 319 g/mol. The summed E-state index contributed by atoms with van der Waals surface area (Å²) >= 11 is 1.96. The van der Waals surface area contributed by atoms with Crippen LogP contribution in [0, 0.1) is 0 Å². The van der Waals surface area contributed by atoms with Crippen LogP contribution < -0.4 is 0 Å². The quantitative estimate of drug-likeness (QED) is 0.474. The van der Waals surface area contributed by atoms with Gasteiger partial charge >= 0.3 is 0 Å². The van der Waals surface area contributed by atoms with E-state index in [0.717, 1.165) is 51.4 Å². The van der Waals surface area contributed by atoms with Crippen molar-refractivity contribution >= 4 is 11.8 Å². The van der Waals surface area contributed by atoms with E-state index in [0.29, 0.717) is 5.25 Å². The van der Waals surface area contributed by atoms with E-state index >= 15 is 0 Å². The van der Waals surface area contributed by atoms with Crippen LogP contribution in [0.1, 0.15) is 59.3 Å². The standard InChI is InChI=1S/C17H34O3S/c1-4-7-10-18-13-16-17(20-12-9-6-3)15(14-21-16)19-11-8-5-2/h15-17H,4-14H2,1-3H3/t15-,16+,17?/m0/s1. The lowest BCUT2D eigenvalue weighted by atomic mass is 10.1. The van der Waals surface area contributed by atoms with E-state index in [4.69, 9.17) is 14.2 Å². The highest BCUT2D eigenvalue weighted by atomic mass is 32.2. The molecule has 0 aromatic carbocycles. The van der Waals surface area contributed by atoms with E-state index in [2.05, 4.69) is 20.8 Å². The molecule has 1 unspecified atom stereocenters. The largest absolute Gasteiger partial charge is 0.380 e. The fourth-order valence-electron chi connectivity index (χ4n) is 2.34. The molecule has 126 valence electrons. The molecule has 0 saturated carbocycles. The zero-order chi connectivity index (χ0) is 15.3. The molecule has 1 rings (SSSR count). The Hall–Kier alpha value is 0.230. The summed E-state index contributed by atoms with van der Waals surface area (Å²) in [5, 5.41) is 0.435. The fraction of sp³-hybridized carbons (Fsp3) is 1.00. The van der Waals surface area contributed by atoms with E-state index < -0.39 is 0 Å². The van der Waals surface area contributed by atoms with Crippen LogP contribution in [0.25, 0.3) is 0 Å². The molecule has 0 aromatic rings. The van der Waals surface area contributed by atoms with Crippen LogP contribution in [0.5, 0.6) is 0 Å². The maximum absolute atomic E-state index is 6.13. The van der Waals surface area contributed by atoms with Gasteiger partial charge in [0.25, 0.3) is 0 Å². The van der Waals surface area contributed by atoms with Crippen molar-refractivity contribution in [1.82, 2.24) is 0 Å². The Kier molecular flexibility index (Phi) is 11.7. The first-order valence-corrected chi connectivity index (χ1v) is 9.80. The minimum absolute atomic E-state index is 0.208. The van der Waals surface area contributed by atoms with E-state index in [1.54, 1.807) is 0 Å². The molecule has 1 aliphatic rings. The molecule has 1 fully saturated rings. The number of hydrogen-bond donors (Lipinski definition) is 0. The predicted octanol–water partition coefficient (Wildman–Crippen LogP) is 4.29. The zero-order valence-electron chi connectivity index (χ0n) is 14.1. The van der Waals surface area contributed by atoms with Crippen LogP contribution in [0.2, 0.25) is 0 Å². The normalized spacial score (nSPS) is 25.6. The zero-order valence-corrected chi connectivity index (χ0v) is 15.0. The summed E-state index contributed by atoms with van der Waals surface area (Å²) in [5.41, 5.74) is 0. The molecule has 0 amide bonds. The number of thioether (sulfide) groups is 1. The van der Waals surface area contributed by atoms with Gasteiger partial charge in [-0.05, 0) is 19.3 Å². The third-order valence-corrected chi connectivity index (χ3v) is 5.12. The Balaban J connectivity index is 2.36. The highest BCUT2D eigenvalue weighted by Gasteiger charge is 2.38.